The van der Waals surface area contributed by atoms with Gasteiger partial charge in [0.2, 0.25) is 0 Å². The highest BCUT2D eigenvalue weighted by Gasteiger charge is 2.33. The van der Waals surface area contributed by atoms with Gasteiger partial charge in [-0.2, -0.15) is 5.10 Å². The molecule has 3 aromatic carbocycles. The van der Waals surface area contributed by atoms with Crippen LogP contribution in [0, 0.1) is 0 Å². The van der Waals surface area contributed by atoms with Crippen LogP contribution < -0.4 is 9.47 Å². The third-order valence-electron chi connectivity index (χ3n) is 5.13. The molecule has 30 heavy (non-hydrogen) atoms. The second-order valence-corrected chi connectivity index (χ2v) is 7.84. The van der Waals surface area contributed by atoms with Gasteiger partial charge in [0.1, 0.15) is 11.5 Å². The predicted octanol–water partition coefficient (Wildman–Crippen LogP) is 5.46. The lowest BCUT2D eigenvalue weighted by Gasteiger charge is -2.22. The summed E-state index contributed by atoms with van der Waals surface area (Å²) >= 11 is 3.42. The molecule has 0 saturated heterocycles. The van der Waals surface area contributed by atoms with Crippen LogP contribution in [0.5, 0.6) is 11.5 Å². The number of rotatable bonds is 5. The summed E-state index contributed by atoms with van der Waals surface area (Å²) in [4.78, 5) is 13.3. The van der Waals surface area contributed by atoms with E-state index in [0.29, 0.717) is 12.0 Å². The molecule has 0 bridgehead atoms. The maximum Gasteiger partial charge on any atom is 0.274 e. The zero-order valence-corrected chi connectivity index (χ0v) is 18.3. The molecule has 152 valence electrons. The predicted molar refractivity (Wildman–Crippen MR) is 120 cm³/mol. The maximum atomic E-state index is 13.3. The van der Waals surface area contributed by atoms with Crippen molar-refractivity contribution in [3.8, 4) is 11.5 Å². The number of hydrogen-bond donors (Lipinski definition) is 0. The largest absolute Gasteiger partial charge is 0.497 e. The Morgan fingerprint density at radius 3 is 2.03 bits per heavy atom. The van der Waals surface area contributed by atoms with E-state index in [9.17, 15) is 4.79 Å². The number of benzene rings is 3. The maximum absolute atomic E-state index is 13.3. The number of hydrazone groups is 1. The summed E-state index contributed by atoms with van der Waals surface area (Å²) in [6.45, 7) is 0. The van der Waals surface area contributed by atoms with Crippen LogP contribution >= 0.6 is 15.9 Å². The van der Waals surface area contributed by atoms with Gasteiger partial charge in [-0.1, -0.05) is 28.1 Å². The van der Waals surface area contributed by atoms with Gasteiger partial charge in [-0.15, -0.1) is 0 Å². The Bertz CT molecular complexity index is 1060. The minimum atomic E-state index is -0.191. The average molecular weight is 465 g/mol. The highest BCUT2D eigenvalue weighted by Crippen LogP contribution is 2.35. The number of carbonyl (C=O) groups is 1. The quantitative estimate of drug-likeness (QED) is 0.503. The highest BCUT2D eigenvalue weighted by atomic mass is 79.9. The van der Waals surface area contributed by atoms with E-state index in [1.807, 2.05) is 60.7 Å². The Labute approximate surface area is 184 Å². The Morgan fingerprint density at radius 2 is 1.47 bits per heavy atom. The van der Waals surface area contributed by atoms with Crippen molar-refractivity contribution in [3.63, 3.8) is 0 Å². The van der Waals surface area contributed by atoms with E-state index >= 15 is 0 Å². The molecule has 4 rings (SSSR count). The fourth-order valence-corrected chi connectivity index (χ4v) is 3.73. The molecule has 0 aliphatic carbocycles. The molecule has 1 amide bonds. The van der Waals surface area contributed by atoms with Crippen molar-refractivity contribution in [3.05, 3.63) is 94.0 Å². The third-order valence-corrected chi connectivity index (χ3v) is 5.66. The number of carbonyl (C=O) groups excluding carboxylic acids is 1. The first-order chi connectivity index (χ1) is 14.6. The number of ether oxygens (including phenoxy) is 2. The van der Waals surface area contributed by atoms with Gasteiger partial charge in [-0.25, -0.2) is 5.01 Å². The first-order valence-electron chi connectivity index (χ1n) is 9.54. The molecule has 1 atom stereocenters. The molecule has 0 aromatic heterocycles. The van der Waals surface area contributed by atoms with Crippen molar-refractivity contribution in [2.24, 2.45) is 5.10 Å². The van der Waals surface area contributed by atoms with Gasteiger partial charge in [0.15, 0.2) is 0 Å². The molecular weight excluding hydrogens is 444 g/mol. The number of methoxy groups -OCH3 is 2. The molecule has 3 aromatic rings. The van der Waals surface area contributed by atoms with Gasteiger partial charge >= 0.3 is 0 Å². The normalized spacial score (nSPS) is 15.6. The van der Waals surface area contributed by atoms with Gasteiger partial charge in [-0.05, 0) is 71.8 Å². The Kier molecular flexibility index (Phi) is 5.86. The summed E-state index contributed by atoms with van der Waals surface area (Å²) in [5, 5.41) is 6.32. The number of amides is 1. The van der Waals surface area contributed by atoms with E-state index in [1.165, 1.54) is 0 Å². The lowest BCUT2D eigenvalue weighted by molar-refractivity contribution is 0.0711. The van der Waals surface area contributed by atoms with Crippen molar-refractivity contribution in [1.82, 2.24) is 5.01 Å². The molecule has 6 heteroatoms. The summed E-state index contributed by atoms with van der Waals surface area (Å²) < 4.78 is 11.4. The standard InChI is InChI=1S/C24H21BrN2O3/c1-29-20-11-5-16(6-12-20)22-15-23(17-7-13-21(30-2)14-8-17)27(26-22)24(28)18-3-9-19(25)10-4-18/h3-14,23H,15H2,1-2H3. The van der Waals surface area contributed by atoms with Crippen LogP contribution in [0.15, 0.2) is 82.4 Å². The average Bonchev–Trinajstić information content (AvgIpc) is 3.24. The minimum absolute atomic E-state index is 0.133. The van der Waals surface area contributed by atoms with E-state index in [4.69, 9.17) is 14.6 Å². The molecule has 1 aliphatic heterocycles. The van der Waals surface area contributed by atoms with Crippen LogP contribution in [0.3, 0.4) is 0 Å². The van der Waals surface area contributed by atoms with Crippen molar-refractivity contribution in [2.45, 2.75) is 12.5 Å². The van der Waals surface area contributed by atoms with Crippen LogP contribution in [0.1, 0.15) is 33.9 Å². The molecule has 5 nitrogen and oxygen atoms in total. The lowest BCUT2D eigenvalue weighted by atomic mass is 9.98. The topological polar surface area (TPSA) is 51.1 Å². The van der Waals surface area contributed by atoms with Crippen molar-refractivity contribution >= 4 is 27.5 Å². The van der Waals surface area contributed by atoms with E-state index in [2.05, 4.69) is 15.9 Å². The molecule has 0 N–H and O–H groups in total. The highest BCUT2D eigenvalue weighted by molar-refractivity contribution is 9.10. The summed E-state index contributed by atoms with van der Waals surface area (Å²) in [5.74, 6) is 1.43. The minimum Gasteiger partial charge on any atom is -0.497 e. The number of halogens is 1. The second kappa shape index (κ2) is 8.71. The van der Waals surface area contributed by atoms with E-state index < -0.39 is 0 Å². The summed E-state index contributed by atoms with van der Waals surface area (Å²) in [6, 6.07) is 22.7. The number of nitrogens with zero attached hydrogens (tertiary/aromatic N) is 2. The van der Waals surface area contributed by atoms with Gasteiger partial charge in [0.05, 0.1) is 26.0 Å². The van der Waals surface area contributed by atoms with Crippen molar-refractivity contribution in [1.29, 1.82) is 0 Å². The van der Waals surface area contributed by atoms with Crippen molar-refractivity contribution in [2.75, 3.05) is 14.2 Å². The Hall–Kier alpha value is -3.12. The van der Waals surface area contributed by atoms with Gasteiger partial charge in [-0.3, -0.25) is 4.79 Å². The Morgan fingerprint density at radius 1 is 0.900 bits per heavy atom. The van der Waals surface area contributed by atoms with Crippen LogP contribution in [0.2, 0.25) is 0 Å². The van der Waals surface area contributed by atoms with Crippen LogP contribution in [-0.2, 0) is 0 Å². The summed E-state index contributed by atoms with van der Waals surface area (Å²) in [5.41, 5.74) is 3.44. The smallest absolute Gasteiger partial charge is 0.274 e. The molecule has 0 saturated carbocycles. The van der Waals surface area contributed by atoms with E-state index in [0.717, 1.165) is 32.8 Å². The van der Waals surface area contributed by atoms with Gasteiger partial charge in [0.25, 0.3) is 5.91 Å². The van der Waals surface area contributed by atoms with Crippen LogP contribution in [0.4, 0.5) is 0 Å². The van der Waals surface area contributed by atoms with Gasteiger partial charge < -0.3 is 9.47 Å². The summed E-state index contributed by atoms with van der Waals surface area (Å²) in [7, 11) is 3.28. The third kappa shape index (κ3) is 4.09. The Balaban J connectivity index is 1.70. The first-order valence-corrected chi connectivity index (χ1v) is 10.3. The molecule has 1 unspecified atom stereocenters. The second-order valence-electron chi connectivity index (χ2n) is 6.92. The SMILES string of the molecule is COc1ccc(C2=NN(C(=O)c3ccc(Br)cc3)C(c3ccc(OC)cc3)C2)cc1. The van der Waals surface area contributed by atoms with E-state index in [1.54, 1.807) is 31.4 Å². The zero-order chi connectivity index (χ0) is 21.1. The zero-order valence-electron chi connectivity index (χ0n) is 16.7. The number of hydrogen-bond acceptors (Lipinski definition) is 4. The van der Waals surface area contributed by atoms with Gasteiger partial charge in [0, 0.05) is 16.5 Å². The van der Waals surface area contributed by atoms with E-state index in [-0.39, 0.29) is 11.9 Å². The first kappa shape index (κ1) is 20.2. The lowest BCUT2D eigenvalue weighted by Crippen LogP contribution is -2.27. The van der Waals surface area contributed by atoms with Crippen LogP contribution in [-0.4, -0.2) is 30.8 Å². The molecule has 1 aliphatic rings. The molecule has 0 fully saturated rings. The fraction of sp³-hybridized carbons (Fsp3) is 0.167. The molecule has 0 spiro atoms. The van der Waals surface area contributed by atoms with Crippen LogP contribution in [0.25, 0.3) is 0 Å². The fourth-order valence-electron chi connectivity index (χ4n) is 3.47. The molecule has 0 radical (unpaired) electrons. The van der Waals surface area contributed by atoms with Crippen molar-refractivity contribution < 1.29 is 14.3 Å². The molecule has 1 heterocycles. The monoisotopic (exact) mass is 464 g/mol. The molecular formula is C24H21BrN2O3. The summed E-state index contributed by atoms with van der Waals surface area (Å²) in [6.07, 6.45) is 0.626.